The van der Waals surface area contributed by atoms with Gasteiger partial charge in [0.15, 0.2) is 5.78 Å². The second-order valence-electron chi connectivity index (χ2n) is 8.69. The predicted molar refractivity (Wildman–Crippen MR) is 143 cm³/mol. The zero-order valence-corrected chi connectivity index (χ0v) is 19.9. The van der Waals surface area contributed by atoms with Crippen molar-refractivity contribution in [2.24, 2.45) is 0 Å². The van der Waals surface area contributed by atoms with Crippen LogP contribution in [0.5, 0.6) is 5.75 Å². The van der Waals surface area contributed by atoms with Crippen LogP contribution in [0.1, 0.15) is 32.8 Å². The van der Waals surface area contributed by atoms with Crippen LogP contribution >= 0.6 is 0 Å². The summed E-state index contributed by atoms with van der Waals surface area (Å²) in [5, 5.41) is 12.4. The molecule has 0 spiro atoms. The number of nitrogens with two attached hydrogens (primary N) is 1. The van der Waals surface area contributed by atoms with Crippen LogP contribution in [0.15, 0.2) is 102 Å². The Kier molecular flexibility index (Phi) is 6.59. The summed E-state index contributed by atoms with van der Waals surface area (Å²) >= 11 is 0. The minimum Gasteiger partial charge on any atom is -0.508 e. The van der Waals surface area contributed by atoms with E-state index in [-0.39, 0.29) is 23.9 Å². The number of Topliss-reactive ketones (excluding diaryl/α,β-unsaturated/α-hetero) is 1. The lowest BCUT2D eigenvalue weighted by atomic mass is 10.0. The molecule has 0 radical (unpaired) electrons. The van der Waals surface area contributed by atoms with Crippen LogP contribution in [0.25, 0.3) is 22.4 Å². The minimum absolute atomic E-state index is 0.0393. The summed E-state index contributed by atoms with van der Waals surface area (Å²) in [4.78, 5) is 29.1. The quantitative estimate of drug-likeness (QED) is 0.150. The van der Waals surface area contributed by atoms with E-state index in [0.717, 1.165) is 27.9 Å². The third-order valence-electron chi connectivity index (χ3n) is 6.17. The molecule has 0 aliphatic carbocycles. The number of carbonyl (C=O) groups excluding carboxylic acids is 2. The number of aryl methyl sites for hydroxylation is 1. The molecule has 0 bridgehead atoms. The number of rotatable bonds is 8. The van der Waals surface area contributed by atoms with Crippen molar-refractivity contribution < 1.29 is 19.1 Å². The normalized spacial score (nSPS) is 10.8. The van der Waals surface area contributed by atoms with Crippen LogP contribution in [0.4, 0.5) is 11.4 Å². The summed E-state index contributed by atoms with van der Waals surface area (Å²) in [5.41, 5.74) is 12.1. The van der Waals surface area contributed by atoms with E-state index in [1.54, 1.807) is 67.1 Å². The molecule has 5 aromatic rings. The van der Waals surface area contributed by atoms with Gasteiger partial charge in [-0.25, -0.2) is 0 Å². The van der Waals surface area contributed by atoms with Gasteiger partial charge in [0.25, 0.3) is 5.91 Å². The number of aromatic hydroxyl groups is 1. The molecule has 0 aliphatic rings. The van der Waals surface area contributed by atoms with Gasteiger partial charge in [-0.15, -0.1) is 0 Å². The molecule has 3 aromatic carbocycles. The second kappa shape index (κ2) is 10.3. The summed E-state index contributed by atoms with van der Waals surface area (Å²) in [6, 6.07) is 24.8. The average Bonchev–Trinajstić information content (AvgIpc) is 3.60. The Morgan fingerprint density at radius 1 is 0.919 bits per heavy atom. The lowest BCUT2D eigenvalue weighted by Crippen LogP contribution is -2.13. The number of benzene rings is 3. The molecule has 2 heterocycles. The fourth-order valence-corrected chi connectivity index (χ4v) is 4.13. The van der Waals surface area contributed by atoms with E-state index >= 15 is 0 Å². The van der Waals surface area contributed by atoms with E-state index in [0.29, 0.717) is 29.1 Å². The molecule has 0 saturated heterocycles. The van der Waals surface area contributed by atoms with Crippen molar-refractivity contribution in [1.29, 1.82) is 0 Å². The number of furan rings is 1. The van der Waals surface area contributed by atoms with Crippen LogP contribution in [-0.4, -0.2) is 21.8 Å². The fraction of sp³-hybridized carbons (Fsp3) is 0.0667. The van der Waals surface area contributed by atoms with E-state index in [4.69, 9.17) is 10.2 Å². The standard InChI is InChI=1S/C30H25N3O4/c31-25-3-1-2-4-26(25)33-30(36)21-8-5-19(6-9-21)7-14-28(35)29-24(22-15-16-37-18-22)17-27(32-29)20-10-12-23(34)13-11-20/h1-6,8-13,15-18,32,34H,7,14,31H2,(H,33,36). The minimum atomic E-state index is -0.251. The zero-order valence-electron chi connectivity index (χ0n) is 19.9. The molecule has 5 N–H and O–H groups in total. The molecule has 184 valence electrons. The van der Waals surface area contributed by atoms with Gasteiger partial charge < -0.3 is 25.6 Å². The SMILES string of the molecule is Nc1ccccc1NC(=O)c1ccc(CCC(=O)c2[nH]c(-c3ccc(O)cc3)cc2-c2ccoc2)cc1. The molecule has 0 saturated carbocycles. The van der Waals surface area contributed by atoms with E-state index in [1.165, 1.54) is 0 Å². The van der Waals surface area contributed by atoms with Gasteiger partial charge in [-0.2, -0.15) is 0 Å². The van der Waals surface area contributed by atoms with Crippen LogP contribution in [0.2, 0.25) is 0 Å². The molecule has 37 heavy (non-hydrogen) atoms. The molecule has 0 aliphatic heterocycles. The van der Waals surface area contributed by atoms with Crippen molar-refractivity contribution in [1.82, 2.24) is 4.98 Å². The van der Waals surface area contributed by atoms with Gasteiger partial charge in [0.05, 0.1) is 29.6 Å². The molecule has 0 unspecified atom stereocenters. The van der Waals surface area contributed by atoms with Gasteiger partial charge in [0, 0.05) is 28.8 Å². The number of nitrogens with one attached hydrogen (secondary N) is 2. The average molecular weight is 492 g/mol. The molecule has 0 atom stereocenters. The smallest absolute Gasteiger partial charge is 0.255 e. The van der Waals surface area contributed by atoms with Gasteiger partial charge in [-0.1, -0.05) is 24.3 Å². The highest BCUT2D eigenvalue weighted by atomic mass is 16.3. The van der Waals surface area contributed by atoms with Crippen LogP contribution in [0.3, 0.4) is 0 Å². The Hall–Kier alpha value is -5.04. The molecular weight excluding hydrogens is 466 g/mol. The summed E-state index contributed by atoms with van der Waals surface area (Å²) in [6.07, 6.45) is 3.98. The Bertz CT molecular complexity index is 1530. The lowest BCUT2D eigenvalue weighted by molar-refractivity contribution is 0.0977. The Morgan fingerprint density at radius 2 is 1.68 bits per heavy atom. The fourth-order valence-electron chi connectivity index (χ4n) is 4.13. The van der Waals surface area contributed by atoms with Crippen LogP contribution in [-0.2, 0) is 6.42 Å². The number of H-pyrrole nitrogens is 1. The lowest BCUT2D eigenvalue weighted by Gasteiger charge is -2.08. The first-order chi connectivity index (χ1) is 18.0. The van der Waals surface area contributed by atoms with E-state index < -0.39 is 0 Å². The van der Waals surface area contributed by atoms with Crippen molar-refractivity contribution in [3.05, 3.63) is 114 Å². The number of nitrogen functional groups attached to an aromatic ring is 1. The summed E-state index contributed by atoms with van der Waals surface area (Å²) < 4.78 is 5.24. The number of phenols is 1. The maximum Gasteiger partial charge on any atom is 0.255 e. The molecule has 5 rings (SSSR count). The molecule has 7 heteroatoms. The number of anilines is 2. The third-order valence-corrected chi connectivity index (χ3v) is 6.17. The third kappa shape index (κ3) is 5.31. The highest BCUT2D eigenvalue weighted by Crippen LogP contribution is 2.32. The number of phenolic OH excluding ortho intramolecular Hbond substituents is 1. The van der Waals surface area contributed by atoms with Crippen LogP contribution < -0.4 is 11.1 Å². The topological polar surface area (TPSA) is 121 Å². The van der Waals surface area contributed by atoms with Gasteiger partial charge in [0.1, 0.15) is 5.75 Å². The first-order valence-electron chi connectivity index (χ1n) is 11.8. The van der Waals surface area contributed by atoms with Crippen molar-refractivity contribution in [2.45, 2.75) is 12.8 Å². The Balaban J connectivity index is 1.29. The molecule has 2 aromatic heterocycles. The van der Waals surface area contributed by atoms with Crippen molar-refractivity contribution in [2.75, 3.05) is 11.1 Å². The highest BCUT2D eigenvalue weighted by Gasteiger charge is 2.19. The number of para-hydroxylation sites is 2. The monoisotopic (exact) mass is 491 g/mol. The number of carbonyl (C=O) groups is 2. The first kappa shape index (κ1) is 23.7. The maximum absolute atomic E-state index is 13.3. The largest absolute Gasteiger partial charge is 0.508 e. The van der Waals surface area contributed by atoms with Crippen LogP contribution in [0, 0.1) is 0 Å². The van der Waals surface area contributed by atoms with Crippen molar-refractivity contribution in [3.8, 4) is 28.1 Å². The maximum atomic E-state index is 13.3. The number of ketones is 1. The summed E-state index contributed by atoms with van der Waals surface area (Å²) in [5.74, 6) is -0.115. The van der Waals surface area contributed by atoms with Crippen molar-refractivity contribution >= 4 is 23.1 Å². The van der Waals surface area contributed by atoms with E-state index in [2.05, 4.69) is 10.3 Å². The molecule has 7 nitrogen and oxygen atoms in total. The van der Waals surface area contributed by atoms with Gasteiger partial charge >= 0.3 is 0 Å². The van der Waals surface area contributed by atoms with Gasteiger partial charge in [-0.3, -0.25) is 9.59 Å². The summed E-state index contributed by atoms with van der Waals surface area (Å²) in [7, 11) is 0. The number of aromatic nitrogens is 1. The highest BCUT2D eigenvalue weighted by molar-refractivity contribution is 6.06. The van der Waals surface area contributed by atoms with Gasteiger partial charge in [-0.05, 0) is 78.2 Å². The predicted octanol–water partition coefficient (Wildman–Crippen LogP) is 6.30. The number of hydrogen-bond donors (Lipinski definition) is 4. The van der Waals surface area contributed by atoms with E-state index in [1.807, 2.05) is 30.3 Å². The Morgan fingerprint density at radius 3 is 2.38 bits per heavy atom. The first-order valence-corrected chi connectivity index (χ1v) is 11.8. The zero-order chi connectivity index (χ0) is 25.8. The number of aromatic amines is 1. The molecular formula is C30H25N3O4. The summed E-state index contributed by atoms with van der Waals surface area (Å²) in [6.45, 7) is 0. The van der Waals surface area contributed by atoms with E-state index in [9.17, 15) is 14.7 Å². The number of hydrogen-bond acceptors (Lipinski definition) is 5. The van der Waals surface area contributed by atoms with Crippen molar-refractivity contribution in [3.63, 3.8) is 0 Å². The molecule has 1 amide bonds. The van der Waals surface area contributed by atoms with Gasteiger partial charge in [0.2, 0.25) is 0 Å². The Labute approximate surface area is 213 Å². The second-order valence-corrected chi connectivity index (χ2v) is 8.69. The molecule has 0 fully saturated rings. The number of amides is 1.